The Bertz CT molecular complexity index is 163. The normalized spacial score (nSPS) is 38.6. The summed E-state index contributed by atoms with van der Waals surface area (Å²) >= 11 is 0. The molecule has 4 heteroatoms. The number of aliphatic hydroxyl groups is 3. The molecule has 84 valence electrons. The minimum atomic E-state index is -0.789. The van der Waals surface area contributed by atoms with Gasteiger partial charge in [-0.15, -0.1) is 0 Å². The fourth-order valence-corrected chi connectivity index (χ4v) is 2.04. The highest BCUT2D eigenvalue weighted by Gasteiger charge is 2.36. The van der Waals surface area contributed by atoms with Gasteiger partial charge in [0.15, 0.2) is 0 Å². The summed E-state index contributed by atoms with van der Waals surface area (Å²) < 4.78 is 0. The molecule has 0 unspecified atom stereocenters. The fourth-order valence-electron chi connectivity index (χ4n) is 2.04. The van der Waals surface area contributed by atoms with E-state index in [4.69, 9.17) is 5.11 Å². The molecule has 0 amide bonds. The molecule has 0 spiro atoms. The van der Waals surface area contributed by atoms with Crippen LogP contribution in [-0.4, -0.2) is 46.7 Å². The van der Waals surface area contributed by atoms with E-state index in [2.05, 4.69) is 12.2 Å². The second-order valence-electron chi connectivity index (χ2n) is 4.06. The lowest BCUT2D eigenvalue weighted by Crippen LogP contribution is -2.57. The topological polar surface area (TPSA) is 72.7 Å². The molecule has 0 saturated carbocycles. The Morgan fingerprint density at radius 2 is 2.07 bits per heavy atom. The van der Waals surface area contributed by atoms with Crippen LogP contribution in [0.2, 0.25) is 0 Å². The van der Waals surface area contributed by atoms with Crippen molar-refractivity contribution in [3.63, 3.8) is 0 Å². The first-order valence-corrected chi connectivity index (χ1v) is 5.41. The quantitative estimate of drug-likeness (QED) is 0.496. The molecule has 0 aliphatic carbocycles. The monoisotopic (exact) mass is 203 g/mol. The molecule has 14 heavy (non-hydrogen) atoms. The van der Waals surface area contributed by atoms with Crippen LogP contribution in [0.3, 0.4) is 0 Å². The SMILES string of the molecule is CCCC[C@@H]1NC[C@@H](O)[C@H](O)[C@H]1CO. The Hall–Kier alpha value is -0.160. The minimum Gasteiger partial charge on any atom is -0.396 e. The average Bonchev–Trinajstić information content (AvgIpc) is 2.20. The van der Waals surface area contributed by atoms with Crippen LogP contribution >= 0.6 is 0 Å². The van der Waals surface area contributed by atoms with E-state index >= 15 is 0 Å². The molecular weight excluding hydrogens is 182 g/mol. The van der Waals surface area contributed by atoms with Crippen LogP contribution in [-0.2, 0) is 0 Å². The highest BCUT2D eigenvalue weighted by Crippen LogP contribution is 2.21. The number of hydrogen-bond donors (Lipinski definition) is 4. The first-order valence-electron chi connectivity index (χ1n) is 5.41. The molecule has 1 saturated heterocycles. The Morgan fingerprint density at radius 3 is 2.64 bits per heavy atom. The van der Waals surface area contributed by atoms with Gasteiger partial charge in [0.1, 0.15) is 0 Å². The summed E-state index contributed by atoms with van der Waals surface area (Å²) in [5.74, 6) is -0.231. The third-order valence-corrected chi connectivity index (χ3v) is 3.02. The number of nitrogens with one attached hydrogen (secondary N) is 1. The molecule has 4 N–H and O–H groups in total. The van der Waals surface area contributed by atoms with E-state index in [1.807, 2.05) is 0 Å². The Labute approximate surface area is 85.0 Å². The fraction of sp³-hybridized carbons (Fsp3) is 1.00. The van der Waals surface area contributed by atoms with Crippen molar-refractivity contribution in [2.45, 2.75) is 44.4 Å². The standard InChI is InChI=1S/C10H21NO3/c1-2-3-4-8-7(6-12)10(14)9(13)5-11-8/h7-14H,2-6H2,1H3/t7-,8-,9+,10+/m0/s1. The lowest BCUT2D eigenvalue weighted by Gasteiger charge is -2.38. The molecule has 1 rings (SSSR count). The second kappa shape index (κ2) is 5.66. The zero-order valence-corrected chi connectivity index (χ0v) is 8.69. The van der Waals surface area contributed by atoms with E-state index in [1.54, 1.807) is 0 Å². The third kappa shape index (κ3) is 2.67. The average molecular weight is 203 g/mol. The number of rotatable bonds is 4. The van der Waals surface area contributed by atoms with Crippen molar-refractivity contribution in [1.82, 2.24) is 5.32 Å². The molecule has 1 aliphatic heterocycles. The van der Waals surface area contributed by atoms with Gasteiger partial charge in [-0.25, -0.2) is 0 Å². The van der Waals surface area contributed by atoms with E-state index in [9.17, 15) is 10.2 Å². The van der Waals surface area contributed by atoms with E-state index < -0.39 is 12.2 Å². The summed E-state index contributed by atoms with van der Waals surface area (Å²) in [7, 11) is 0. The van der Waals surface area contributed by atoms with Gasteiger partial charge < -0.3 is 20.6 Å². The molecule has 1 heterocycles. The largest absolute Gasteiger partial charge is 0.396 e. The number of piperidine rings is 1. The number of hydrogen-bond acceptors (Lipinski definition) is 4. The Kier molecular flexibility index (Phi) is 4.81. The van der Waals surface area contributed by atoms with Gasteiger partial charge >= 0.3 is 0 Å². The van der Waals surface area contributed by atoms with Crippen LogP contribution in [0, 0.1) is 5.92 Å². The van der Waals surface area contributed by atoms with Crippen molar-refractivity contribution in [2.75, 3.05) is 13.2 Å². The minimum absolute atomic E-state index is 0.0698. The molecule has 0 aromatic rings. The lowest BCUT2D eigenvalue weighted by atomic mass is 9.84. The maximum absolute atomic E-state index is 9.66. The highest BCUT2D eigenvalue weighted by molar-refractivity contribution is 4.91. The summed E-state index contributed by atoms with van der Waals surface area (Å²) in [6.45, 7) is 2.47. The zero-order valence-electron chi connectivity index (χ0n) is 8.69. The summed E-state index contributed by atoms with van der Waals surface area (Å²) in [5.41, 5.74) is 0. The van der Waals surface area contributed by atoms with Gasteiger partial charge in [-0.05, 0) is 6.42 Å². The van der Waals surface area contributed by atoms with Gasteiger partial charge in [-0.2, -0.15) is 0 Å². The van der Waals surface area contributed by atoms with Crippen molar-refractivity contribution in [3.05, 3.63) is 0 Å². The molecule has 0 bridgehead atoms. The molecule has 1 fully saturated rings. The van der Waals surface area contributed by atoms with Gasteiger partial charge in [0.2, 0.25) is 0 Å². The van der Waals surface area contributed by atoms with Crippen molar-refractivity contribution in [3.8, 4) is 0 Å². The van der Waals surface area contributed by atoms with Gasteiger partial charge in [-0.1, -0.05) is 19.8 Å². The van der Waals surface area contributed by atoms with Crippen molar-refractivity contribution in [2.24, 2.45) is 5.92 Å². The van der Waals surface area contributed by atoms with E-state index in [1.165, 1.54) is 0 Å². The molecule has 0 radical (unpaired) electrons. The van der Waals surface area contributed by atoms with Crippen molar-refractivity contribution >= 4 is 0 Å². The smallest absolute Gasteiger partial charge is 0.0927 e. The van der Waals surface area contributed by atoms with E-state index in [0.717, 1.165) is 19.3 Å². The summed E-state index contributed by atoms with van der Waals surface area (Å²) in [4.78, 5) is 0. The summed E-state index contributed by atoms with van der Waals surface area (Å²) in [5, 5.41) is 31.4. The molecule has 4 nitrogen and oxygen atoms in total. The van der Waals surface area contributed by atoms with Crippen molar-refractivity contribution < 1.29 is 15.3 Å². The molecule has 1 aliphatic rings. The summed E-state index contributed by atoms with van der Waals surface area (Å²) in [6, 6.07) is 0.137. The molecule has 0 aromatic carbocycles. The van der Waals surface area contributed by atoms with Crippen LogP contribution in [0.5, 0.6) is 0 Å². The maximum atomic E-state index is 9.66. The second-order valence-corrected chi connectivity index (χ2v) is 4.06. The molecule has 0 aromatic heterocycles. The van der Waals surface area contributed by atoms with Crippen LogP contribution in [0.15, 0.2) is 0 Å². The van der Waals surface area contributed by atoms with Crippen LogP contribution in [0.4, 0.5) is 0 Å². The van der Waals surface area contributed by atoms with Crippen LogP contribution in [0.1, 0.15) is 26.2 Å². The maximum Gasteiger partial charge on any atom is 0.0927 e. The van der Waals surface area contributed by atoms with E-state index in [-0.39, 0.29) is 18.6 Å². The highest BCUT2D eigenvalue weighted by atomic mass is 16.3. The van der Waals surface area contributed by atoms with Gasteiger partial charge in [0, 0.05) is 25.1 Å². The first kappa shape index (κ1) is 11.9. The third-order valence-electron chi connectivity index (χ3n) is 3.02. The number of aliphatic hydroxyl groups excluding tert-OH is 3. The Balaban J connectivity index is 2.48. The first-order chi connectivity index (χ1) is 6.70. The van der Waals surface area contributed by atoms with Crippen molar-refractivity contribution in [1.29, 1.82) is 0 Å². The van der Waals surface area contributed by atoms with Gasteiger partial charge in [-0.3, -0.25) is 0 Å². The molecular formula is C10H21NO3. The van der Waals surface area contributed by atoms with Gasteiger partial charge in [0.25, 0.3) is 0 Å². The zero-order chi connectivity index (χ0) is 10.6. The van der Waals surface area contributed by atoms with Crippen LogP contribution < -0.4 is 5.32 Å². The number of unbranched alkanes of at least 4 members (excludes halogenated alkanes) is 1. The predicted molar refractivity (Wildman–Crippen MR) is 53.9 cm³/mol. The lowest BCUT2D eigenvalue weighted by molar-refractivity contribution is -0.0679. The number of β-amino-alcohol motifs (C(OH)–C–C–N with tert-alkyl or cyclic N) is 1. The van der Waals surface area contributed by atoms with Gasteiger partial charge in [0.05, 0.1) is 12.2 Å². The predicted octanol–water partition coefficient (Wildman–Crippen LogP) is -0.521. The van der Waals surface area contributed by atoms with E-state index in [0.29, 0.717) is 6.54 Å². The Morgan fingerprint density at radius 1 is 1.36 bits per heavy atom. The van der Waals surface area contributed by atoms with Crippen LogP contribution in [0.25, 0.3) is 0 Å². The summed E-state index contributed by atoms with van der Waals surface area (Å²) in [6.07, 6.45) is 1.60. The molecule has 4 atom stereocenters.